The maximum absolute atomic E-state index is 12.0. The highest BCUT2D eigenvalue weighted by molar-refractivity contribution is 7.89. The van der Waals surface area contributed by atoms with Crippen LogP contribution in [0.1, 0.15) is 5.69 Å². The quantitative estimate of drug-likeness (QED) is 0.408. The largest absolute Gasteiger partial charge is 0.497 e. The maximum Gasteiger partial charge on any atom is 0.338 e. The van der Waals surface area contributed by atoms with Gasteiger partial charge < -0.3 is 10.5 Å². The summed E-state index contributed by atoms with van der Waals surface area (Å²) in [5, 5.41) is 19.7. The van der Waals surface area contributed by atoms with Crippen LogP contribution < -0.4 is 15.6 Å². The molecule has 1 heterocycles. The number of methoxy groups -OCH3 is 1. The molecule has 3 rings (SSSR count). The van der Waals surface area contributed by atoms with E-state index in [2.05, 4.69) is 5.10 Å². The zero-order valence-corrected chi connectivity index (χ0v) is 16.2. The van der Waals surface area contributed by atoms with Crippen molar-refractivity contribution in [3.8, 4) is 22.7 Å². The number of para-hydroxylation sites is 1. The molecule has 29 heavy (non-hydrogen) atoms. The van der Waals surface area contributed by atoms with E-state index in [9.17, 15) is 18.4 Å². The number of rotatable bonds is 6. The number of aromatic nitrogens is 2. The number of carbonyl (C=O) groups is 1. The van der Waals surface area contributed by atoms with Crippen molar-refractivity contribution in [3.05, 3.63) is 60.3 Å². The molecule has 0 saturated heterocycles. The number of carbonyl (C=O) groups excluding carboxylic acids is 1. The summed E-state index contributed by atoms with van der Waals surface area (Å²) < 4.78 is 30.6. The molecule has 0 bridgehead atoms. The van der Waals surface area contributed by atoms with E-state index in [0.29, 0.717) is 22.1 Å². The second-order valence-corrected chi connectivity index (χ2v) is 7.60. The lowest BCUT2D eigenvalue weighted by Gasteiger charge is -2.12. The second-order valence-electron chi connectivity index (χ2n) is 6.07. The normalized spacial score (nSPS) is 11.3. The van der Waals surface area contributed by atoms with Crippen molar-refractivity contribution in [1.82, 2.24) is 14.8 Å². The summed E-state index contributed by atoms with van der Waals surface area (Å²) in [6, 6.07) is 13.7. The van der Waals surface area contributed by atoms with E-state index in [0.717, 1.165) is 0 Å². The molecule has 0 spiro atoms. The molecular weight excluding hydrogens is 398 g/mol. The summed E-state index contributed by atoms with van der Waals surface area (Å²) in [6.45, 7) is -0.289. The van der Waals surface area contributed by atoms with Gasteiger partial charge in [-0.2, -0.15) is 5.10 Å². The molecule has 0 aliphatic rings. The summed E-state index contributed by atoms with van der Waals surface area (Å²) in [6.07, 6.45) is 0. The van der Waals surface area contributed by atoms with E-state index in [-0.39, 0.29) is 22.8 Å². The van der Waals surface area contributed by atoms with Gasteiger partial charge in [0.05, 0.1) is 30.7 Å². The van der Waals surface area contributed by atoms with Crippen LogP contribution in [0.2, 0.25) is 0 Å². The predicted molar refractivity (Wildman–Crippen MR) is 104 cm³/mol. The molecule has 10 nitrogen and oxygen atoms in total. The van der Waals surface area contributed by atoms with Gasteiger partial charge in [-0.15, -0.1) is 0 Å². The summed E-state index contributed by atoms with van der Waals surface area (Å²) in [4.78, 5) is 11.0. The fourth-order valence-electron chi connectivity index (χ4n) is 2.76. The molecule has 0 aliphatic carbocycles. The van der Waals surface area contributed by atoms with E-state index in [1.165, 1.54) is 10.7 Å². The third kappa shape index (κ3) is 4.37. The van der Waals surface area contributed by atoms with Crippen LogP contribution in [-0.2, 0) is 16.6 Å². The Hall–Kier alpha value is -3.41. The monoisotopic (exact) mass is 417 g/mol. The van der Waals surface area contributed by atoms with Crippen LogP contribution in [0.15, 0.2) is 59.5 Å². The lowest BCUT2D eigenvalue weighted by molar-refractivity contribution is -0.0479. The Kier molecular flexibility index (Phi) is 5.55. The average molecular weight is 417 g/mol. The topological polar surface area (TPSA) is 154 Å². The zero-order valence-electron chi connectivity index (χ0n) is 15.4. The Bertz CT molecular complexity index is 1140. The van der Waals surface area contributed by atoms with Crippen molar-refractivity contribution < 1.29 is 23.2 Å². The number of amides is 2. The molecule has 1 aromatic heterocycles. The molecule has 0 unspecified atom stereocenters. The first-order valence-electron chi connectivity index (χ1n) is 8.32. The summed E-state index contributed by atoms with van der Waals surface area (Å²) in [7, 11) is -2.49. The number of primary amides is 1. The molecule has 11 heteroatoms. The van der Waals surface area contributed by atoms with Gasteiger partial charge >= 0.3 is 6.03 Å². The Morgan fingerprint density at radius 1 is 1.21 bits per heavy atom. The number of urea groups is 1. The van der Waals surface area contributed by atoms with E-state index < -0.39 is 16.1 Å². The van der Waals surface area contributed by atoms with Gasteiger partial charge in [-0.3, -0.25) is 5.21 Å². The Morgan fingerprint density at radius 2 is 1.86 bits per heavy atom. The highest BCUT2D eigenvalue weighted by Crippen LogP contribution is 2.29. The number of ether oxygens (including phenoxy) is 1. The average Bonchev–Trinajstić information content (AvgIpc) is 3.11. The van der Waals surface area contributed by atoms with E-state index in [4.69, 9.17) is 15.6 Å². The highest BCUT2D eigenvalue weighted by Gasteiger charge is 2.20. The molecule has 5 N–H and O–H groups in total. The van der Waals surface area contributed by atoms with Gasteiger partial charge in [-0.05, 0) is 42.5 Å². The SMILES string of the molecule is COc1ccc(-c2cc(CN(O)C(N)=O)nn2-c2ccccc2S(N)(=O)=O)cc1. The number of sulfonamides is 1. The standard InChI is InChI=1S/C18H19N5O5S/c1-28-14-8-6-12(7-9-14)16-10-13(11-22(25)18(19)24)21-23(16)15-4-2-3-5-17(15)29(20,26)27/h2-10,25H,11H2,1H3,(H2,19,24)(H2,20,26,27). The van der Waals surface area contributed by atoms with Gasteiger partial charge in [-0.25, -0.2) is 28.1 Å². The first-order valence-corrected chi connectivity index (χ1v) is 9.86. The minimum absolute atomic E-state index is 0.125. The van der Waals surface area contributed by atoms with Gasteiger partial charge in [-0.1, -0.05) is 12.1 Å². The second kappa shape index (κ2) is 7.91. The number of nitrogens with zero attached hydrogens (tertiary/aromatic N) is 3. The van der Waals surface area contributed by atoms with Gasteiger partial charge in [0.2, 0.25) is 10.0 Å². The third-order valence-electron chi connectivity index (χ3n) is 4.11. The number of hydrogen-bond donors (Lipinski definition) is 3. The molecule has 0 aliphatic heterocycles. The fourth-order valence-corrected chi connectivity index (χ4v) is 3.48. The number of hydroxylamine groups is 2. The Labute approximate surface area is 166 Å². The van der Waals surface area contributed by atoms with E-state index >= 15 is 0 Å². The predicted octanol–water partition coefficient (Wildman–Crippen LogP) is 1.47. The first-order chi connectivity index (χ1) is 13.7. The van der Waals surface area contributed by atoms with Gasteiger partial charge in [0.25, 0.3) is 0 Å². The van der Waals surface area contributed by atoms with Crippen molar-refractivity contribution in [2.45, 2.75) is 11.4 Å². The summed E-state index contributed by atoms with van der Waals surface area (Å²) in [5.41, 5.74) is 6.76. The fraction of sp³-hybridized carbons (Fsp3) is 0.111. The van der Waals surface area contributed by atoms with Gasteiger partial charge in [0.15, 0.2) is 0 Å². The smallest absolute Gasteiger partial charge is 0.338 e. The summed E-state index contributed by atoms with van der Waals surface area (Å²) >= 11 is 0. The molecule has 0 saturated carbocycles. The number of primary sulfonamides is 1. The molecule has 2 amide bonds. The molecule has 0 atom stereocenters. The van der Waals surface area contributed by atoms with Crippen LogP contribution in [0.3, 0.4) is 0 Å². The van der Waals surface area contributed by atoms with Crippen LogP contribution in [0.4, 0.5) is 4.79 Å². The van der Waals surface area contributed by atoms with Crippen LogP contribution in [-0.4, -0.2) is 41.6 Å². The molecule has 2 aromatic carbocycles. The number of nitrogens with two attached hydrogens (primary N) is 2. The Morgan fingerprint density at radius 3 is 2.45 bits per heavy atom. The van der Waals surface area contributed by atoms with Crippen molar-refractivity contribution in [1.29, 1.82) is 0 Å². The van der Waals surface area contributed by atoms with Gasteiger partial charge in [0.1, 0.15) is 10.6 Å². The molecular formula is C18H19N5O5S. The lowest BCUT2D eigenvalue weighted by atomic mass is 10.1. The zero-order chi connectivity index (χ0) is 21.2. The third-order valence-corrected chi connectivity index (χ3v) is 5.07. The minimum atomic E-state index is -4.03. The van der Waals surface area contributed by atoms with Crippen molar-refractivity contribution in [3.63, 3.8) is 0 Å². The van der Waals surface area contributed by atoms with Crippen LogP contribution in [0, 0.1) is 0 Å². The number of hydrogen-bond acceptors (Lipinski definition) is 6. The molecule has 0 fully saturated rings. The maximum atomic E-state index is 12.0. The van der Waals surface area contributed by atoms with E-state index in [1.54, 1.807) is 55.6 Å². The van der Waals surface area contributed by atoms with Gasteiger partial charge in [0, 0.05) is 5.56 Å². The molecule has 0 radical (unpaired) electrons. The minimum Gasteiger partial charge on any atom is -0.497 e. The number of benzene rings is 2. The van der Waals surface area contributed by atoms with Crippen molar-refractivity contribution in [2.75, 3.05) is 7.11 Å². The van der Waals surface area contributed by atoms with Crippen LogP contribution in [0.25, 0.3) is 16.9 Å². The van der Waals surface area contributed by atoms with Crippen molar-refractivity contribution >= 4 is 16.1 Å². The summed E-state index contributed by atoms with van der Waals surface area (Å²) in [5.74, 6) is 0.639. The highest BCUT2D eigenvalue weighted by atomic mass is 32.2. The van der Waals surface area contributed by atoms with Crippen LogP contribution in [0.5, 0.6) is 5.75 Å². The first kappa shape index (κ1) is 20.3. The lowest BCUT2D eigenvalue weighted by Crippen LogP contribution is -2.32. The Balaban J connectivity index is 2.19. The van der Waals surface area contributed by atoms with Crippen molar-refractivity contribution in [2.24, 2.45) is 10.9 Å². The molecule has 152 valence electrons. The molecule has 3 aromatic rings. The van der Waals surface area contributed by atoms with Crippen LogP contribution >= 0.6 is 0 Å². The van der Waals surface area contributed by atoms with E-state index in [1.807, 2.05) is 0 Å².